The van der Waals surface area contributed by atoms with Crippen molar-refractivity contribution in [3.05, 3.63) is 64.7 Å². The van der Waals surface area contributed by atoms with Gasteiger partial charge < -0.3 is 5.32 Å². The molecule has 1 fully saturated rings. The molecule has 1 saturated heterocycles. The van der Waals surface area contributed by atoms with Gasteiger partial charge in [-0.2, -0.15) is 0 Å². The quantitative estimate of drug-likeness (QED) is 0.840. The van der Waals surface area contributed by atoms with Crippen LogP contribution in [0.4, 0.5) is 14.5 Å². The molecule has 4 nitrogen and oxygen atoms in total. The van der Waals surface area contributed by atoms with E-state index in [4.69, 9.17) is 11.6 Å². The lowest BCUT2D eigenvalue weighted by Crippen LogP contribution is -2.36. The van der Waals surface area contributed by atoms with Gasteiger partial charge in [0.25, 0.3) is 0 Å². The average Bonchev–Trinajstić information content (AvgIpc) is 2.85. The third kappa shape index (κ3) is 5.99. The summed E-state index contributed by atoms with van der Waals surface area (Å²) in [6, 6.07) is 10.5. The fourth-order valence-electron chi connectivity index (χ4n) is 3.17. The number of nitrogens with zero attached hydrogens (tertiary/aromatic N) is 2. The Morgan fingerprint density at radius 2 is 1.70 bits per heavy atom. The molecule has 0 unspecified atom stereocenters. The number of anilines is 1. The zero-order valence-electron chi connectivity index (χ0n) is 14.9. The van der Waals surface area contributed by atoms with Crippen LogP contribution < -0.4 is 5.32 Å². The molecule has 0 atom stereocenters. The minimum Gasteiger partial charge on any atom is -0.325 e. The summed E-state index contributed by atoms with van der Waals surface area (Å²) in [5.41, 5.74) is 1.56. The third-order valence-corrected chi connectivity index (χ3v) is 4.86. The first-order chi connectivity index (χ1) is 13.0. The Balaban J connectivity index is 1.48. The summed E-state index contributed by atoms with van der Waals surface area (Å²) in [7, 11) is 0. The van der Waals surface area contributed by atoms with Crippen molar-refractivity contribution in [2.24, 2.45) is 0 Å². The van der Waals surface area contributed by atoms with Crippen molar-refractivity contribution >= 4 is 23.2 Å². The maximum atomic E-state index is 13.3. The predicted octanol–water partition coefficient (Wildman–Crippen LogP) is 3.76. The van der Waals surface area contributed by atoms with E-state index in [0.29, 0.717) is 18.8 Å². The van der Waals surface area contributed by atoms with Crippen molar-refractivity contribution < 1.29 is 13.6 Å². The summed E-state index contributed by atoms with van der Waals surface area (Å²) in [5, 5.41) is 2.93. The van der Waals surface area contributed by atoms with Gasteiger partial charge in [0.05, 0.1) is 11.6 Å². The minimum atomic E-state index is -0.408. The zero-order valence-corrected chi connectivity index (χ0v) is 15.7. The van der Waals surface area contributed by atoms with E-state index in [0.717, 1.165) is 38.2 Å². The van der Waals surface area contributed by atoms with Crippen molar-refractivity contribution in [3.8, 4) is 0 Å². The van der Waals surface area contributed by atoms with Gasteiger partial charge in [-0.1, -0.05) is 17.7 Å². The highest BCUT2D eigenvalue weighted by Gasteiger charge is 2.17. The predicted molar refractivity (Wildman–Crippen MR) is 103 cm³/mol. The second-order valence-electron chi connectivity index (χ2n) is 6.71. The Bertz CT molecular complexity index is 785. The first kappa shape index (κ1) is 19.7. The maximum Gasteiger partial charge on any atom is 0.238 e. The van der Waals surface area contributed by atoms with Crippen LogP contribution in [0.5, 0.6) is 0 Å². The molecule has 1 aliphatic heterocycles. The van der Waals surface area contributed by atoms with E-state index in [2.05, 4.69) is 15.1 Å². The van der Waals surface area contributed by atoms with Crippen LogP contribution in [0.25, 0.3) is 0 Å². The van der Waals surface area contributed by atoms with E-state index in [-0.39, 0.29) is 16.7 Å². The van der Waals surface area contributed by atoms with Crippen LogP contribution in [-0.4, -0.2) is 48.4 Å². The lowest BCUT2D eigenvalue weighted by atomic mass is 10.2. The average molecular weight is 394 g/mol. The summed E-state index contributed by atoms with van der Waals surface area (Å²) in [6.07, 6.45) is 0.943. The molecule has 2 aromatic carbocycles. The Labute approximate surface area is 162 Å². The monoisotopic (exact) mass is 393 g/mol. The Kier molecular flexibility index (Phi) is 6.77. The molecule has 144 valence electrons. The van der Waals surface area contributed by atoms with Gasteiger partial charge in [0.15, 0.2) is 0 Å². The normalized spacial score (nSPS) is 16.1. The largest absolute Gasteiger partial charge is 0.325 e. The molecule has 1 amide bonds. The molecule has 0 aromatic heterocycles. The molecule has 0 aliphatic carbocycles. The molecule has 0 spiro atoms. The van der Waals surface area contributed by atoms with Gasteiger partial charge in [-0.05, 0) is 61.5 Å². The molecular formula is C20H22ClF2N3O. The van der Waals surface area contributed by atoms with Gasteiger partial charge in [0.1, 0.15) is 11.6 Å². The summed E-state index contributed by atoms with van der Waals surface area (Å²) in [5.74, 6) is -0.849. The summed E-state index contributed by atoms with van der Waals surface area (Å²) >= 11 is 5.85. The number of carbonyl (C=O) groups excluding carboxylic acids is 1. The van der Waals surface area contributed by atoms with E-state index < -0.39 is 5.82 Å². The molecular weight excluding hydrogens is 372 g/mol. The van der Waals surface area contributed by atoms with E-state index >= 15 is 0 Å². The van der Waals surface area contributed by atoms with E-state index in [9.17, 15) is 13.6 Å². The zero-order chi connectivity index (χ0) is 19.2. The van der Waals surface area contributed by atoms with Crippen LogP contribution in [0.15, 0.2) is 42.5 Å². The summed E-state index contributed by atoms with van der Waals surface area (Å²) in [4.78, 5) is 16.6. The highest BCUT2D eigenvalue weighted by molar-refractivity contribution is 6.30. The Hall–Kier alpha value is -2.02. The highest BCUT2D eigenvalue weighted by atomic mass is 35.5. The van der Waals surface area contributed by atoms with Crippen LogP contribution in [-0.2, 0) is 11.3 Å². The van der Waals surface area contributed by atoms with E-state index in [1.54, 1.807) is 24.3 Å². The minimum absolute atomic E-state index is 0.111. The van der Waals surface area contributed by atoms with Gasteiger partial charge in [-0.25, -0.2) is 8.78 Å². The van der Waals surface area contributed by atoms with Gasteiger partial charge in [0.2, 0.25) is 5.91 Å². The number of rotatable bonds is 5. The van der Waals surface area contributed by atoms with Crippen molar-refractivity contribution in [1.82, 2.24) is 9.80 Å². The smallest absolute Gasteiger partial charge is 0.238 e. The molecule has 7 heteroatoms. The Morgan fingerprint density at radius 1 is 1.00 bits per heavy atom. The van der Waals surface area contributed by atoms with Gasteiger partial charge in [-0.3, -0.25) is 14.6 Å². The topological polar surface area (TPSA) is 35.6 Å². The first-order valence-corrected chi connectivity index (χ1v) is 9.31. The molecule has 0 saturated carbocycles. The standard InChI is InChI=1S/C20H22ClF2N3O/c21-18-12-15(2-7-19(18)23)13-25-8-1-9-26(11-10-25)14-20(27)24-17-5-3-16(22)4-6-17/h2-7,12H,1,8-11,13-14H2,(H,24,27). The van der Waals surface area contributed by atoms with Crippen molar-refractivity contribution in [3.63, 3.8) is 0 Å². The lowest BCUT2D eigenvalue weighted by molar-refractivity contribution is -0.117. The second-order valence-corrected chi connectivity index (χ2v) is 7.12. The highest BCUT2D eigenvalue weighted by Crippen LogP contribution is 2.18. The first-order valence-electron chi connectivity index (χ1n) is 8.93. The number of benzene rings is 2. The summed E-state index contributed by atoms with van der Waals surface area (Å²) < 4.78 is 26.2. The molecule has 1 aliphatic rings. The molecule has 1 N–H and O–H groups in total. The number of amides is 1. The third-order valence-electron chi connectivity index (χ3n) is 4.57. The Morgan fingerprint density at radius 3 is 2.44 bits per heavy atom. The number of hydrogen-bond donors (Lipinski definition) is 1. The summed E-state index contributed by atoms with van der Waals surface area (Å²) in [6.45, 7) is 4.33. The van der Waals surface area contributed by atoms with Crippen molar-refractivity contribution in [2.75, 3.05) is 38.0 Å². The molecule has 2 aromatic rings. The number of carbonyl (C=O) groups is 1. The number of nitrogens with one attached hydrogen (secondary N) is 1. The second kappa shape index (κ2) is 9.26. The van der Waals surface area contributed by atoms with E-state index in [1.807, 2.05) is 0 Å². The van der Waals surface area contributed by atoms with E-state index in [1.165, 1.54) is 18.2 Å². The van der Waals surface area contributed by atoms with Crippen LogP contribution in [0, 0.1) is 11.6 Å². The van der Waals surface area contributed by atoms with Crippen LogP contribution in [0.1, 0.15) is 12.0 Å². The molecule has 1 heterocycles. The van der Waals surface area contributed by atoms with Crippen LogP contribution in [0.2, 0.25) is 5.02 Å². The fourth-order valence-corrected chi connectivity index (χ4v) is 3.38. The van der Waals surface area contributed by atoms with Crippen LogP contribution in [0.3, 0.4) is 0 Å². The molecule has 0 bridgehead atoms. The van der Waals surface area contributed by atoms with Gasteiger partial charge in [-0.15, -0.1) is 0 Å². The van der Waals surface area contributed by atoms with Crippen molar-refractivity contribution in [1.29, 1.82) is 0 Å². The maximum absolute atomic E-state index is 13.3. The number of hydrogen-bond acceptors (Lipinski definition) is 3. The van der Waals surface area contributed by atoms with Crippen molar-refractivity contribution in [2.45, 2.75) is 13.0 Å². The molecule has 3 rings (SSSR count). The molecule has 0 radical (unpaired) electrons. The van der Waals surface area contributed by atoms with Crippen LogP contribution >= 0.6 is 11.6 Å². The fraction of sp³-hybridized carbons (Fsp3) is 0.350. The van der Waals surface area contributed by atoms with Gasteiger partial charge in [0, 0.05) is 25.3 Å². The lowest BCUT2D eigenvalue weighted by Gasteiger charge is -2.21. The molecule has 27 heavy (non-hydrogen) atoms. The SMILES string of the molecule is O=C(CN1CCCN(Cc2ccc(F)c(Cl)c2)CC1)Nc1ccc(F)cc1. The van der Waals surface area contributed by atoms with Gasteiger partial charge >= 0.3 is 0 Å². The number of halogens is 3.